The topological polar surface area (TPSA) is 38.1 Å². The smallest absolute Gasteiger partial charge is 0.109 e. The minimum Gasteiger partial charge on any atom is -0.466 e. The zero-order valence-electron chi connectivity index (χ0n) is 12.6. The summed E-state index contributed by atoms with van der Waals surface area (Å²) >= 11 is 1.77. The van der Waals surface area contributed by atoms with Crippen molar-refractivity contribution in [1.29, 1.82) is 0 Å². The zero-order chi connectivity index (χ0) is 14.3. The molecular weight excluding hydrogens is 268 g/mol. The predicted octanol–water partition coefficient (Wildman–Crippen LogP) is 4.16. The minimum absolute atomic E-state index is 0.290. The summed E-state index contributed by atoms with van der Waals surface area (Å²) in [7, 11) is 0. The first-order chi connectivity index (χ1) is 9.43. The van der Waals surface area contributed by atoms with E-state index in [1.807, 2.05) is 13.1 Å². The third-order valence-electron chi connectivity index (χ3n) is 3.93. The first-order valence-electron chi connectivity index (χ1n) is 7.17. The Balaban J connectivity index is 1.78. The third kappa shape index (κ3) is 2.81. The molecule has 0 saturated heterocycles. The highest BCUT2D eigenvalue weighted by Gasteiger charge is 2.34. The number of hydrogen-bond acceptors (Lipinski definition) is 4. The van der Waals surface area contributed by atoms with Gasteiger partial charge in [-0.3, -0.25) is 0 Å². The fourth-order valence-corrected chi connectivity index (χ4v) is 3.82. The van der Waals surface area contributed by atoms with E-state index in [0.717, 1.165) is 35.9 Å². The molecule has 0 saturated carbocycles. The summed E-state index contributed by atoms with van der Waals surface area (Å²) in [6, 6.07) is 2.58. The lowest BCUT2D eigenvalue weighted by Gasteiger charge is -2.34. The summed E-state index contributed by atoms with van der Waals surface area (Å²) in [4.78, 5) is 5.62. The molecule has 3 rings (SSSR count). The molecule has 0 bridgehead atoms. The Bertz CT molecular complexity index is 612. The Morgan fingerprint density at radius 3 is 2.95 bits per heavy atom. The highest BCUT2D eigenvalue weighted by molar-refractivity contribution is 7.11. The SMILES string of the molecule is Cc1cc2c(o1)CC(C)(C)CC2NCc1cnc(C)s1. The maximum absolute atomic E-state index is 5.88. The van der Waals surface area contributed by atoms with Crippen molar-refractivity contribution < 1.29 is 4.42 Å². The second-order valence-electron chi connectivity index (χ2n) is 6.56. The van der Waals surface area contributed by atoms with E-state index in [9.17, 15) is 0 Å². The standard InChI is InChI=1S/C16H22N2OS/c1-10-5-13-14(6-16(3,4)7-15(13)19-10)18-9-12-8-17-11(2)20-12/h5,8,14,18H,6-7,9H2,1-4H3. The van der Waals surface area contributed by atoms with Crippen LogP contribution in [0.4, 0.5) is 0 Å². The van der Waals surface area contributed by atoms with Gasteiger partial charge in [0.1, 0.15) is 11.5 Å². The van der Waals surface area contributed by atoms with E-state index in [4.69, 9.17) is 4.42 Å². The van der Waals surface area contributed by atoms with E-state index in [0.29, 0.717) is 11.5 Å². The average Bonchev–Trinajstić information content (AvgIpc) is 2.90. The van der Waals surface area contributed by atoms with Crippen molar-refractivity contribution >= 4 is 11.3 Å². The van der Waals surface area contributed by atoms with E-state index < -0.39 is 0 Å². The minimum atomic E-state index is 0.290. The highest BCUT2D eigenvalue weighted by Crippen LogP contribution is 2.42. The Hall–Kier alpha value is -1.13. The largest absolute Gasteiger partial charge is 0.466 e. The van der Waals surface area contributed by atoms with Crippen molar-refractivity contribution in [3.63, 3.8) is 0 Å². The molecule has 1 aliphatic rings. The maximum atomic E-state index is 5.88. The summed E-state index contributed by atoms with van der Waals surface area (Å²) in [5, 5.41) is 4.82. The number of nitrogens with one attached hydrogen (secondary N) is 1. The van der Waals surface area contributed by atoms with Crippen LogP contribution in [0.15, 0.2) is 16.7 Å². The van der Waals surface area contributed by atoms with Gasteiger partial charge in [0.15, 0.2) is 0 Å². The van der Waals surface area contributed by atoms with Crippen LogP contribution in [0.3, 0.4) is 0 Å². The van der Waals surface area contributed by atoms with E-state index in [1.54, 1.807) is 11.3 Å². The third-order valence-corrected chi connectivity index (χ3v) is 4.84. The first-order valence-corrected chi connectivity index (χ1v) is 7.98. The molecule has 2 aromatic rings. The van der Waals surface area contributed by atoms with E-state index >= 15 is 0 Å². The summed E-state index contributed by atoms with van der Waals surface area (Å²) in [5.41, 5.74) is 1.64. The molecule has 4 heteroatoms. The summed E-state index contributed by atoms with van der Waals surface area (Å²) in [6.07, 6.45) is 4.16. The van der Waals surface area contributed by atoms with Gasteiger partial charge in [0.05, 0.1) is 5.01 Å². The van der Waals surface area contributed by atoms with E-state index in [1.165, 1.54) is 10.4 Å². The number of aromatic nitrogens is 1. The normalized spacial score (nSPS) is 20.9. The molecule has 0 fully saturated rings. The molecule has 2 heterocycles. The summed E-state index contributed by atoms with van der Waals surface area (Å²) in [5.74, 6) is 2.19. The van der Waals surface area contributed by atoms with Gasteiger partial charge in [-0.25, -0.2) is 4.98 Å². The molecule has 1 N–H and O–H groups in total. The number of rotatable bonds is 3. The van der Waals surface area contributed by atoms with Crippen molar-refractivity contribution in [1.82, 2.24) is 10.3 Å². The van der Waals surface area contributed by atoms with Crippen LogP contribution >= 0.6 is 11.3 Å². The van der Waals surface area contributed by atoms with Crippen LogP contribution in [0.5, 0.6) is 0 Å². The number of furan rings is 1. The van der Waals surface area contributed by atoms with E-state index in [2.05, 4.69) is 37.1 Å². The second-order valence-corrected chi connectivity index (χ2v) is 7.88. The van der Waals surface area contributed by atoms with Crippen molar-refractivity contribution in [3.05, 3.63) is 39.2 Å². The molecule has 108 valence electrons. The fraction of sp³-hybridized carbons (Fsp3) is 0.562. The van der Waals surface area contributed by atoms with Gasteiger partial charge in [0.25, 0.3) is 0 Å². The Kier molecular flexibility index (Phi) is 3.46. The van der Waals surface area contributed by atoms with Gasteiger partial charge in [-0.05, 0) is 31.7 Å². The number of hydrogen-bond donors (Lipinski definition) is 1. The molecule has 3 nitrogen and oxygen atoms in total. The number of aryl methyl sites for hydroxylation is 2. The van der Waals surface area contributed by atoms with Gasteiger partial charge < -0.3 is 9.73 Å². The van der Waals surface area contributed by atoms with Crippen molar-refractivity contribution in [2.75, 3.05) is 0 Å². The molecule has 0 radical (unpaired) electrons. The van der Waals surface area contributed by atoms with Crippen LogP contribution in [-0.4, -0.2) is 4.98 Å². The molecular formula is C16H22N2OS. The van der Waals surface area contributed by atoms with Gasteiger partial charge in [-0.1, -0.05) is 13.8 Å². The van der Waals surface area contributed by atoms with Crippen LogP contribution in [0.2, 0.25) is 0 Å². The van der Waals surface area contributed by atoms with Gasteiger partial charge in [-0.2, -0.15) is 0 Å². The molecule has 1 aliphatic carbocycles. The monoisotopic (exact) mass is 290 g/mol. The lowest BCUT2D eigenvalue weighted by atomic mass is 9.75. The molecule has 20 heavy (non-hydrogen) atoms. The van der Waals surface area contributed by atoms with Crippen LogP contribution in [-0.2, 0) is 13.0 Å². The molecule has 2 aromatic heterocycles. The van der Waals surface area contributed by atoms with Crippen LogP contribution in [0, 0.1) is 19.3 Å². The molecule has 0 aliphatic heterocycles. The number of fused-ring (bicyclic) bond motifs is 1. The van der Waals surface area contributed by atoms with Crippen molar-refractivity contribution in [3.8, 4) is 0 Å². The second kappa shape index (κ2) is 5.01. The number of nitrogens with zero attached hydrogens (tertiary/aromatic N) is 1. The highest BCUT2D eigenvalue weighted by atomic mass is 32.1. The summed E-state index contributed by atoms with van der Waals surface area (Å²) < 4.78 is 5.88. The van der Waals surface area contributed by atoms with Gasteiger partial charge >= 0.3 is 0 Å². The first kappa shape index (κ1) is 13.8. The Morgan fingerprint density at radius 2 is 2.25 bits per heavy atom. The quantitative estimate of drug-likeness (QED) is 0.922. The molecule has 0 spiro atoms. The lowest BCUT2D eigenvalue weighted by molar-refractivity contribution is 0.234. The molecule has 0 amide bonds. The summed E-state index contributed by atoms with van der Waals surface area (Å²) in [6.45, 7) is 9.61. The van der Waals surface area contributed by atoms with Crippen molar-refractivity contribution in [2.45, 2.75) is 53.1 Å². The molecule has 0 aromatic carbocycles. The predicted molar refractivity (Wildman–Crippen MR) is 82.0 cm³/mol. The maximum Gasteiger partial charge on any atom is 0.109 e. The molecule has 1 atom stereocenters. The number of thiazole rings is 1. The van der Waals surface area contributed by atoms with Crippen LogP contribution in [0.1, 0.15) is 53.3 Å². The van der Waals surface area contributed by atoms with Gasteiger partial charge in [-0.15, -0.1) is 11.3 Å². The Morgan fingerprint density at radius 1 is 1.45 bits per heavy atom. The van der Waals surface area contributed by atoms with Crippen LogP contribution in [0.25, 0.3) is 0 Å². The fourth-order valence-electron chi connectivity index (χ4n) is 3.08. The average molecular weight is 290 g/mol. The zero-order valence-corrected chi connectivity index (χ0v) is 13.4. The van der Waals surface area contributed by atoms with Gasteiger partial charge in [0.2, 0.25) is 0 Å². The molecule has 1 unspecified atom stereocenters. The Labute approximate surface area is 124 Å². The van der Waals surface area contributed by atoms with Crippen molar-refractivity contribution in [2.24, 2.45) is 5.41 Å². The van der Waals surface area contributed by atoms with E-state index in [-0.39, 0.29) is 0 Å². The lowest BCUT2D eigenvalue weighted by Crippen LogP contribution is -2.32. The van der Waals surface area contributed by atoms with Gasteiger partial charge in [0, 0.05) is 35.6 Å². The van der Waals surface area contributed by atoms with Crippen LogP contribution < -0.4 is 5.32 Å².